The number of carboxylic acid groups (broad SMARTS) is 1. The summed E-state index contributed by atoms with van der Waals surface area (Å²) >= 11 is 0. The molecule has 2 heteroatoms. The molecule has 0 aromatic heterocycles. The fourth-order valence-corrected chi connectivity index (χ4v) is 0.321. The lowest BCUT2D eigenvalue weighted by Crippen LogP contribution is -2.00. The molecule has 52 valence electrons. The van der Waals surface area contributed by atoms with Crippen LogP contribution in [0.15, 0.2) is 12.2 Å². The van der Waals surface area contributed by atoms with Crippen molar-refractivity contribution in [2.24, 2.45) is 5.41 Å². The Bertz CT molecular complexity index is 128. The molecule has 0 amide bonds. The average Bonchev–Trinajstić information content (AvgIpc) is 1.59. The van der Waals surface area contributed by atoms with E-state index in [9.17, 15) is 4.79 Å². The van der Waals surface area contributed by atoms with Gasteiger partial charge in [0.1, 0.15) is 0 Å². The van der Waals surface area contributed by atoms with Gasteiger partial charge >= 0.3 is 5.97 Å². The van der Waals surface area contributed by atoms with Crippen LogP contribution in [-0.2, 0) is 4.79 Å². The molecule has 0 radical (unpaired) electrons. The van der Waals surface area contributed by atoms with E-state index in [0.29, 0.717) is 0 Å². The predicted octanol–water partition coefficient (Wildman–Crippen LogP) is 1.67. The highest BCUT2D eigenvalue weighted by Crippen LogP contribution is 2.13. The SMILES string of the molecule is CC(C)(C)/C=C/C(=O)O. The van der Waals surface area contributed by atoms with Gasteiger partial charge in [-0.1, -0.05) is 26.8 Å². The molecule has 0 spiro atoms. The summed E-state index contributed by atoms with van der Waals surface area (Å²) in [7, 11) is 0. The Balaban J connectivity index is 3.86. The maximum Gasteiger partial charge on any atom is 0.327 e. The normalized spacial score (nSPS) is 12.3. The van der Waals surface area contributed by atoms with Gasteiger partial charge in [0, 0.05) is 6.08 Å². The van der Waals surface area contributed by atoms with Crippen LogP contribution in [0, 0.1) is 5.41 Å². The van der Waals surface area contributed by atoms with E-state index in [1.54, 1.807) is 6.08 Å². The highest BCUT2D eigenvalue weighted by Gasteiger charge is 2.03. The van der Waals surface area contributed by atoms with E-state index in [1.807, 2.05) is 20.8 Å². The largest absolute Gasteiger partial charge is 0.478 e. The molecule has 1 N–H and O–H groups in total. The highest BCUT2D eigenvalue weighted by molar-refractivity contribution is 5.79. The predicted molar refractivity (Wildman–Crippen MR) is 36.2 cm³/mol. The third-order valence-electron chi connectivity index (χ3n) is 0.726. The zero-order chi connectivity index (χ0) is 7.49. The molecule has 0 bridgehead atoms. The van der Waals surface area contributed by atoms with Gasteiger partial charge in [0.05, 0.1) is 0 Å². The van der Waals surface area contributed by atoms with Crippen molar-refractivity contribution in [3.8, 4) is 0 Å². The summed E-state index contributed by atoms with van der Waals surface area (Å²) in [6, 6.07) is 0. The van der Waals surface area contributed by atoms with Gasteiger partial charge in [-0.25, -0.2) is 4.79 Å². The van der Waals surface area contributed by atoms with Crippen LogP contribution in [0.4, 0.5) is 0 Å². The van der Waals surface area contributed by atoms with Crippen LogP contribution in [0.3, 0.4) is 0 Å². The molecular formula is C7H12O2. The number of rotatable bonds is 1. The van der Waals surface area contributed by atoms with E-state index in [1.165, 1.54) is 6.08 Å². The van der Waals surface area contributed by atoms with Crippen LogP contribution in [-0.4, -0.2) is 11.1 Å². The molecule has 0 aliphatic heterocycles. The molecule has 0 rings (SSSR count). The Labute approximate surface area is 55.2 Å². The summed E-state index contributed by atoms with van der Waals surface area (Å²) < 4.78 is 0. The highest BCUT2D eigenvalue weighted by atomic mass is 16.4. The first kappa shape index (κ1) is 8.21. The van der Waals surface area contributed by atoms with E-state index < -0.39 is 5.97 Å². The molecule has 0 aliphatic rings. The second kappa shape index (κ2) is 2.67. The molecule has 0 saturated carbocycles. The maximum absolute atomic E-state index is 9.96. The summed E-state index contributed by atoms with van der Waals surface area (Å²) in [4.78, 5) is 9.96. The maximum atomic E-state index is 9.96. The number of hydrogen-bond donors (Lipinski definition) is 1. The molecule has 9 heavy (non-hydrogen) atoms. The second-order valence-electron chi connectivity index (χ2n) is 3.04. The number of hydrogen-bond acceptors (Lipinski definition) is 1. The van der Waals surface area contributed by atoms with Gasteiger partial charge in [0.25, 0.3) is 0 Å². The van der Waals surface area contributed by atoms with Crippen molar-refractivity contribution >= 4 is 5.97 Å². The second-order valence-corrected chi connectivity index (χ2v) is 3.04. The minimum atomic E-state index is -0.884. The topological polar surface area (TPSA) is 37.3 Å². The summed E-state index contributed by atoms with van der Waals surface area (Å²) in [5.74, 6) is -0.884. The fraction of sp³-hybridized carbons (Fsp3) is 0.571. The minimum absolute atomic E-state index is 0.0294. The summed E-state index contributed by atoms with van der Waals surface area (Å²) in [5, 5.41) is 8.19. The van der Waals surface area contributed by atoms with Crippen molar-refractivity contribution in [3.05, 3.63) is 12.2 Å². The number of allylic oxidation sites excluding steroid dienone is 1. The molecule has 0 aromatic carbocycles. The third kappa shape index (κ3) is 7.21. The molecule has 2 nitrogen and oxygen atoms in total. The summed E-state index contributed by atoms with van der Waals surface area (Å²) in [5.41, 5.74) is -0.0294. The van der Waals surface area contributed by atoms with Gasteiger partial charge in [-0.3, -0.25) is 0 Å². The Morgan fingerprint density at radius 1 is 1.44 bits per heavy atom. The van der Waals surface area contributed by atoms with Crippen molar-refractivity contribution in [3.63, 3.8) is 0 Å². The molecule has 0 aromatic rings. The molecular weight excluding hydrogens is 116 g/mol. The molecule has 0 unspecified atom stereocenters. The van der Waals surface area contributed by atoms with Crippen molar-refractivity contribution in [2.75, 3.05) is 0 Å². The van der Waals surface area contributed by atoms with Crippen LogP contribution in [0.25, 0.3) is 0 Å². The van der Waals surface area contributed by atoms with Crippen molar-refractivity contribution in [1.82, 2.24) is 0 Å². The van der Waals surface area contributed by atoms with E-state index >= 15 is 0 Å². The number of carboxylic acids is 1. The van der Waals surface area contributed by atoms with Gasteiger partial charge in [0.2, 0.25) is 0 Å². The molecule has 0 saturated heterocycles. The van der Waals surface area contributed by atoms with Crippen molar-refractivity contribution in [1.29, 1.82) is 0 Å². The standard InChI is InChI=1S/C7H12O2/c1-7(2,3)5-4-6(8)9/h4-5H,1-3H3,(H,8,9)/b5-4+. The third-order valence-corrected chi connectivity index (χ3v) is 0.726. The van der Waals surface area contributed by atoms with Crippen LogP contribution in [0.2, 0.25) is 0 Å². The average molecular weight is 128 g/mol. The lowest BCUT2D eigenvalue weighted by atomic mass is 9.96. The lowest BCUT2D eigenvalue weighted by Gasteiger charge is -2.09. The first-order valence-electron chi connectivity index (χ1n) is 2.84. The van der Waals surface area contributed by atoms with Gasteiger partial charge < -0.3 is 5.11 Å². The zero-order valence-electron chi connectivity index (χ0n) is 6.01. The number of carbonyl (C=O) groups is 1. The van der Waals surface area contributed by atoms with E-state index in [4.69, 9.17) is 5.11 Å². The minimum Gasteiger partial charge on any atom is -0.478 e. The zero-order valence-corrected chi connectivity index (χ0v) is 6.01. The lowest BCUT2D eigenvalue weighted by molar-refractivity contribution is -0.131. The first-order chi connectivity index (χ1) is 3.92. The van der Waals surface area contributed by atoms with Crippen LogP contribution >= 0.6 is 0 Å². The molecule has 0 heterocycles. The van der Waals surface area contributed by atoms with E-state index in [-0.39, 0.29) is 5.41 Å². The Kier molecular flexibility index (Phi) is 2.43. The van der Waals surface area contributed by atoms with Gasteiger partial charge in [-0.2, -0.15) is 0 Å². The molecule has 0 fully saturated rings. The fourth-order valence-electron chi connectivity index (χ4n) is 0.321. The smallest absolute Gasteiger partial charge is 0.327 e. The van der Waals surface area contributed by atoms with Crippen molar-refractivity contribution < 1.29 is 9.90 Å². The summed E-state index contributed by atoms with van der Waals surface area (Å²) in [6.07, 6.45) is 2.83. The Morgan fingerprint density at radius 3 is 2.00 bits per heavy atom. The van der Waals surface area contributed by atoms with Crippen molar-refractivity contribution in [2.45, 2.75) is 20.8 Å². The Morgan fingerprint density at radius 2 is 1.89 bits per heavy atom. The Hall–Kier alpha value is -0.790. The molecule has 0 atom stereocenters. The van der Waals surface area contributed by atoms with Gasteiger partial charge in [-0.15, -0.1) is 0 Å². The number of aliphatic carboxylic acids is 1. The van der Waals surface area contributed by atoms with E-state index in [0.717, 1.165) is 0 Å². The molecule has 0 aliphatic carbocycles. The summed E-state index contributed by atoms with van der Waals surface area (Å²) in [6.45, 7) is 5.85. The van der Waals surface area contributed by atoms with Gasteiger partial charge in [-0.05, 0) is 5.41 Å². The van der Waals surface area contributed by atoms with Gasteiger partial charge in [0.15, 0.2) is 0 Å². The van der Waals surface area contributed by atoms with Crippen LogP contribution in [0.1, 0.15) is 20.8 Å². The van der Waals surface area contributed by atoms with E-state index in [2.05, 4.69) is 0 Å². The quantitative estimate of drug-likeness (QED) is 0.545. The van der Waals surface area contributed by atoms with Crippen LogP contribution < -0.4 is 0 Å². The first-order valence-corrected chi connectivity index (χ1v) is 2.84. The van der Waals surface area contributed by atoms with Crippen LogP contribution in [0.5, 0.6) is 0 Å². The monoisotopic (exact) mass is 128 g/mol.